The molecule has 0 bridgehead atoms. The standard InChI is InChI=1S/C14H23N3O3S/c1-11(2)17-21(19,20)13-8-6-12(7-9-13)16-10-4-3-5-14(15)18/h6-9,11,16-17H,3-5,10H2,1-2H3,(H2,15,18). The fraction of sp³-hybridized carbons (Fsp3) is 0.500. The van der Waals surface area contributed by atoms with Crippen molar-refractivity contribution in [2.45, 2.75) is 44.0 Å². The highest BCUT2D eigenvalue weighted by Crippen LogP contribution is 2.14. The third kappa shape index (κ3) is 6.59. The van der Waals surface area contributed by atoms with E-state index in [-0.39, 0.29) is 16.8 Å². The van der Waals surface area contributed by atoms with Crippen molar-refractivity contribution >= 4 is 21.6 Å². The highest BCUT2D eigenvalue weighted by molar-refractivity contribution is 7.89. The molecule has 0 saturated carbocycles. The molecule has 0 aliphatic carbocycles. The number of carbonyl (C=O) groups excluding carboxylic acids is 1. The van der Waals surface area contributed by atoms with Gasteiger partial charge in [0, 0.05) is 24.7 Å². The summed E-state index contributed by atoms with van der Waals surface area (Å²) in [5, 5.41) is 3.17. The third-order valence-electron chi connectivity index (χ3n) is 2.73. The Hall–Kier alpha value is -1.60. The Morgan fingerprint density at radius 3 is 2.33 bits per heavy atom. The van der Waals surface area contributed by atoms with Crippen LogP contribution in [-0.2, 0) is 14.8 Å². The summed E-state index contributed by atoms with van der Waals surface area (Å²) in [6.07, 6.45) is 1.96. The van der Waals surface area contributed by atoms with Crippen LogP contribution in [0, 0.1) is 0 Å². The van der Waals surface area contributed by atoms with Crippen molar-refractivity contribution in [3.8, 4) is 0 Å². The highest BCUT2D eigenvalue weighted by atomic mass is 32.2. The molecule has 1 aromatic carbocycles. The first kappa shape index (κ1) is 17.5. The molecular formula is C14H23N3O3S. The Balaban J connectivity index is 2.49. The van der Waals surface area contributed by atoms with E-state index in [1.165, 1.54) is 0 Å². The number of primary amides is 1. The molecule has 1 aromatic rings. The van der Waals surface area contributed by atoms with Gasteiger partial charge in [0.25, 0.3) is 0 Å². The molecule has 0 saturated heterocycles. The molecule has 1 rings (SSSR count). The molecule has 1 amide bonds. The van der Waals surface area contributed by atoms with Crippen molar-refractivity contribution in [3.05, 3.63) is 24.3 Å². The van der Waals surface area contributed by atoms with Gasteiger partial charge in [0.1, 0.15) is 0 Å². The van der Waals surface area contributed by atoms with Gasteiger partial charge < -0.3 is 11.1 Å². The molecule has 0 atom stereocenters. The zero-order valence-corrected chi connectivity index (χ0v) is 13.2. The van der Waals surface area contributed by atoms with E-state index in [0.717, 1.165) is 18.5 Å². The number of nitrogens with two attached hydrogens (primary N) is 1. The van der Waals surface area contributed by atoms with Crippen LogP contribution >= 0.6 is 0 Å². The molecule has 0 aliphatic heterocycles. The molecule has 6 nitrogen and oxygen atoms in total. The van der Waals surface area contributed by atoms with Crippen molar-refractivity contribution in [2.24, 2.45) is 5.73 Å². The Bertz CT molecular complexity index is 553. The molecule has 118 valence electrons. The molecule has 0 unspecified atom stereocenters. The van der Waals surface area contributed by atoms with Gasteiger partial charge in [-0.2, -0.15) is 0 Å². The first-order valence-corrected chi connectivity index (χ1v) is 8.44. The molecular weight excluding hydrogens is 290 g/mol. The molecule has 7 heteroatoms. The van der Waals surface area contributed by atoms with Crippen LogP contribution in [0.25, 0.3) is 0 Å². The van der Waals surface area contributed by atoms with E-state index in [9.17, 15) is 13.2 Å². The van der Waals surface area contributed by atoms with Crippen molar-refractivity contribution in [1.29, 1.82) is 0 Å². The summed E-state index contributed by atoms with van der Waals surface area (Å²) in [6.45, 7) is 4.27. The number of carbonyl (C=O) groups is 1. The summed E-state index contributed by atoms with van der Waals surface area (Å²) in [4.78, 5) is 10.8. The van der Waals surface area contributed by atoms with Crippen molar-refractivity contribution in [1.82, 2.24) is 4.72 Å². The Labute approximate surface area is 126 Å². The van der Waals surface area contributed by atoms with Crippen LogP contribution in [0.15, 0.2) is 29.2 Å². The SMILES string of the molecule is CC(C)NS(=O)(=O)c1ccc(NCCCCC(N)=O)cc1. The minimum atomic E-state index is -3.44. The van der Waals surface area contributed by atoms with Gasteiger partial charge in [0.2, 0.25) is 15.9 Å². The largest absolute Gasteiger partial charge is 0.385 e. The summed E-state index contributed by atoms with van der Waals surface area (Å²) in [6, 6.07) is 6.44. The predicted octanol–water partition coefficient (Wildman–Crippen LogP) is 1.44. The van der Waals surface area contributed by atoms with Gasteiger partial charge >= 0.3 is 0 Å². The number of sulfonamides is 1. The first-order chi connectivity index (χ1) is 9.81. The van der Waals surface area contributed by atoms with E-state index in [1.54, 1.807) is 38.1 Å². The smallest absolute Gasteiger partial charge is 0.240 e. The van der Waals surface area contributed by atoms with E-state index >= 15 is 0 Å². The maximum atomic E-state index is 11.9. The van der Waals surface area contributed by atoms with Crippen LogP contribution in [0.3, 0.4) is 0 Å². The van der Waals surface area contributed by atoms with E-state index in [2.05, 4.69) is 10.0 Å². The molecule has 0 heterocycles. The summed E-state index contributed by atoms with van der Waals surface area (Å²) in [7, 11) is -3.44. The second-order valence-electron chi connectivity index (χ2n) is 5.15. The Kier molecular flexibility index (Phi) is 6.64. The maximum absolute atomic E-state index is 11.9. The van der Waals surface area contributed by atoms with Crippen LogP contribution in [0.4, 0.5) is 5.69 Å². The lowest BCUT2D eigenvalue weighted by atomic mass is 10.2. The number of hydrogen-bond donors (Lipinski definition) is 3. The maximum Gasteiger partial charge on any atom is 0.240 e. The summed E-state index contributed by atoms with van der Waals surface area (Å²) < 4.78 is 26.4. The topological polar surface area (TPSA) is 101 Å². The molecule has 0 aromatic heterocycles. The van der Waals surface area contributed by atoms with Crippen LogP contribution in [0.5, 0.6) is 0 Å². The fourth-order valence-electron chi connectivity index (χ4n) is 1.79. The Morgan fingerprint density at radius 2 is 1.81 bits per heavy atom. The zero-order valence-electron chi connectivity index (χ0n) is 12.4. The van der Waals surface area contributed by atoms with E-state index < -0.39 is 10.0 Å². The molecule has 0 radical (unpaired) electrons. The second kappa shape index (κ2) is 7.99. The second-order valence-corrected chi connectivity index (χ2v) is 6.86. The fourth-order valence-corrected chi connectivity index (χ4v) is 3.04. The average molecular weight is 313 g/mol. The molecule has 0 spiro atoms. The highest BCUT2D eigenvalue weighted by Gasteiger charge is 2.14. The molecule has 0 aliphatic rings. The van der Waals surface area contributed by atoms with E-state index in [1.807, 2.05) is 0 Å². The van der Waals surface area contributed by atoms with Crippen molar-refractivity contribution in [3.63, 3.8) is 0 Å². The lowest BCUT2D eigenvalue weighted by Crippen LogP contribution is -2.30. The molecule has 21 heavy (non-hydrogen) atoms. The number of hydrogen-bond acceptors (Lipinski definition) is 4. The molecule has 4 N–H and O–H groups in total. The van der Waals surface area contributed by atoms with Crippen LogP contribution in [0.2, 0.25) is 0 Å². The normalized spacial score (nSPS) is 11.6. The first-order valence-electron chi connectivity index (χ1n) is 6.96. The van der Waals surface area contributed by atoms with Gasteiger partial charge in [0.05, 0.1) is 4.90 Å². The minimum absolute atomic E-state index is 0.141. The number of rotatable bonds is 9. The summed E-state index contributed by atoms with van der Waals surface area (Å²) in [5.74, 6) is -0.290. The number of benzene rings is 1. The van der Waals surface area contributed by atoms with Gasteiger partial charge in [0.15, 0.2) is 0 Å². The van der Waals surface area contributed by atoms with Crippen molar-refractivity contribution in [2.75, 3.05) is 11.9 Å². The monoisotopic (exact) mass is 313 g/mol. The van der Waals surface area contributed by atoms with Gasteiger partial charge in [-0.1, -0.05) is 0 Å². The number of nitrogens with one attached hydrogen (secondary N) is 2. The van der Waals surface area contributed by atoms with Gasteiger partial charge in [-0.3, -0.25) is 4.79 Å². The quantitative estimate of drug-likeness (QED) is 0.600. The summed E-state index contributed by atoms with van der Waals surface area (Å²) in [5.41, 5.74) is 5.90. The van der Waals surface area contributed by atoms with E-state index in [0.29, 0.717) is 13.0 Å². The predicted molar refractivity (Wildman–Crippen MR) is 83.4 cm³/mol. The van der Waals surface area contributed by atoms with Gasteiger partial charge in [-0.25, -0.2) is 13.1 Å². The number of unbranched alkanes of at least 4 members (excludes halogenated alkanes) is 1. The zero-order chi connectivity index (χ0) is 15.9. The van der Waals surface area contributed by atoms with Gasteiger partial charge in [-0.15, -0.1) is 0 Å². The van der Waals surface area contributed by atoms with Crippen LogP contribution in [-0.4, -0.2) is 26.9 Å². The van der Waals surface area contributed by atoms with Crippen molar-refractivity contribution < 1.29 is 13.2 Å². The lowest BCUT2D eigenvalue weighted by Gasteiger charge is -2.10. The Morgan fingerprint density at radius 1 is 1.19 bits per heavy atom. The lowest BCUT2D eigenvalue weighted by molar-refractivity contribution is -0.118. The third-order valence-corrected chi connectivity index (χ3v) is 4.41. The van der Waals surface area contributed by atoms with Crippen LogP contribution in [0.1, 0.15) is 33.1 Å². The summed E-state index contributed by atoms with van der Waals surface area (Å²) >= 11 is 0. The molecule has 0 fully saturated rings. The number of anilines is 1. The van der Waals surface area contributed by atoms with E-state index in [4.69, 9.17) is 5.73 Å². The average Bonchev–Trinajstić information content (AvgIpc) is 2.37. The number of amides is 1. The van der Waals surface area contributed by atoms with Crippen LogP contribution < -0.4 is 15.8 Å². The van der Waals surface area contributed by atoms with Gasteiger partial charge in [-0.05, 0) is 51.0 Å². The minimum Gasteiger partial charge on any atom is -0.385 e.